The lowest BCUT2D eigenvalue weighted by Gasteiger charge is -2.10. The molecule has 0 aromatic heterocycles. The normalized spacial score (nSPS) is 12.2. The fourth-order valence-electron chi connectivity index (χ4n) is 3.22. The van der Waals surface area contributed by atoms with Crippen molar-refractivity contribution in [1.29, 1.82) is 0 Å². The van der Waals surface area contributed by atoms with Gasteiger partial charge in [0.2, 0.25) is 0 Å². The van der Waals surface area contributed by atoms with Crippen LogP contribution < -0.4 is 0 Å². The molecule has 0 saturated heterocycles. The molecule has 0 radical (unpaired) electrons. The van der Waals surface area contributed by atoms with E-state index in [4.69, 9.17) is 5.11 Å². The molecule has 3 nitrogen and oxygen atoms in total. The Balaban J connectivity index is 1.79. The highest BCUT2D eigenvalue weighted by Gasteiger charge is 2.05. The molecular weight excluding hydrogens is 312 g/mol. The molecule has 0 aliphatic heterocycles. The molecule has 1 aromatic carbocycles. The van der Waals surface area contributed by atoms with Crippen LogP contribution in [0.4, 0.5) is 0 Å². The van der Waals surface area contributed by atoms with Crippen molar-refractivity contribution in [2.45, 2.75) is 96.0 Å². The molecule has 1 aromatic rings. The number of unbranched alkanes of at least 4 members (excludes halogenated alkanes) is 11. The fraction of sp³-hybridized carbons (Fsp3) is 0.682. The van der Waals surface area contributed by atoms with E-state index in [1.54, 1.807) is 0 Å². The van der Waals surface area contributed by atoms with Gasteiger partial charge in [-0.2, -0.15) is 0 Å². The van der Waals surface area contributed by atoms with E-state index < -0.39 is 5.97 Å². The predicted molar refractivity (Wildman–Crippen MR) is 104 cm³/mol. The van der Waals surface area contributed by atoms with E-state index >= 15 is 0 Å². The van der Waals surface area contributed by atoms with Crippen molar-refractivity contribution in [3.63, 3.8) is 0 Å². The van der Waals surface area contributed by atoms with Crippen LogP contribution in [0, 0.1) is 0 Å². The Morgan fingerprint density at radius 2 is 1.16 bits per heavy atom. The Kier molecular flexibility index (Phi) is 13.0. The summed E-state index contributed by atoms with van der Waals surface area (Å²) < 4.78 is 0. The number of hydrogen-bond acceptors (Lipinski definition) is 2. The summed E-state index contributed by atoms with van der Waals surface area (Å²) in [5.41, 5.74) is 1.03. The molecular formula is C22H36O3. The van der Waals surface area contributed by atoms with E-state index in [1.165, 1.54) is 57.8 Å². The minimum atomic E-state index is -0.672. The van der Waals surface area contributed by atoms with Gasteiger partial charge in [0.1, 0.15) is 0 Å². The first-order valence-corrected chi connectivity index (χ1v) is 10.1. The van der Waals surface area contributed by atoms with Gasteiger partial charge in [0.25, 0.3) is 0 Å². The molecule has 0 amide bonds. The topological polar surface area (TPSA) is 57.5 Å². The van der Waals surface area contributed by atoms with Crippen LogP contribution in [-0.2, 0) is 4.79 Å². The number of carboxylic acids is 1. The maximum Gasteiger partial charge on any atom is 0.303 e. The molecule has 0 bridgehead atoms. The fourth-order valence-corrected chi connectivity index (χ4v) is 3.22. The van der Waals surface area contributed by atoms with E-state index in [0.29, 0.717) is 6.42 Å². The summed E-state index contributed by atoms with van der Waals surface area (Å²) >= 11 is 0. The van der Waals surface area contributed by atoms with Crippen LogP contribution in [0.25, 0.3) is 0 Å². The van der Waals surface area contributed by atoms with Crippen LogP contribution in [0.15, 0.2) is 30.3 Å². The first kappa shape index (κ1) is 21.7. The summed E-state index contributed by atoms with van der Waals surface area (Å²) in [6.45, 7) is 0. The van der Waals surface area contributed by atoms with E-state index in [-0.39, 0.29) is 6.10 Å². The number of aliphatic hydroxyl groups is 1. The number of rotatable bonds is 16. The average Bonchev–Trinajstić information content (AvgIpc) is 2.62. The molecule has 0 heterocycles. The van der Waals surface area contributed by atoms with Crippen molar-refractivity contribution in [3.05, 3.63) is 35.9 Å². The van der Waals surface area contributed by atoms with Crippen LogP contribution in [0.2, 0.25) is 0 Å². The zero-order valence-corrected chi connectivity index (χ0v) is 15.7. The Labute approximate surface area is 153 Å². The minimum absolute atomic E-state index is 0.309. The molecule has 0 aliphatic rings. The van der Waals surface area contributed by atoms with Gasteiger partial charge in [-0.15, -0.1) is 0 Å². The van der Waals surface area contributed by atoms with Crippen molar-refractivity contribution in [1.82, 2.24) is 0 Å². The van der Waals surface area contributed by atoms with Gasteiger partial charge in [-0.1, -0.05) is 101 Å². The highest BCUT2D eigenvalue weighted by molar-refractivity contribution is 5.66. The monoisotopic (exact) mass is 348 g/mol. The number of carboxylic acid groups (broad SMARTS) is 1. The third-order valence-electron chi connectivity index (χ3n) is 4.80. The van der Waals surface area contributed by atoms with Crippen LogP contribution >= 0.6 is 0 Å². The molecule has 1 atom stereocenters. The Bertz CT molecular complexity index is 430. The van der Waals surface area contributed by atoms with Gasteiger partial charge in [0, 0.05) is 6.42 Å². The van der Waals surface area contributed by atoms with Gasteiger partial charge in [-0.25, -0.2) is 0 Å². The van der Waals surface area contributed by atoms with Gasteiger partial charge in [-0.3, -0.25) is 4.79 Å². The standard InChI is InChI=1S/C22H36O3/c23-21(20-16-12-11-13-17-20)18-14-9-7-5-3-1-2-4-6-8-10-15-19-22(24)25/h11-13,16-17,21,23H,1-10,14-15,18-19H2,(H,24,25)/t21-/m1/s1. The zero-order chi connectivity index (χ0) is 18.2. The van der Waals surface area contributed by atoms with Gasteiger partial charge in [0.05, 0.1) is 6.10 Å². The van der Waals surface area contributed by atoms with Crippen molar-refractivity contribution < 1.29 is 15.0 Å². The summed E-state index contributed by atoms with van der Waals surface area (Å²) in [6.07, 6.45) is 15.3. The molecule has 0 saturated carbocycles. The van der Waals surface area contributed by atoms with Crippen molar-refractivity contribution in [2.24, 2.45) is 0 Å². The van der Waals surface area contributed by atoms with Crippen molar-refractivity contribution in [3.8, 4) is 0 Å². The van der Waals surface area contributed by atoms with Gasteiger partial charge < -0.3 is 10.2 Å². The maximum absolute atomic E-state index is 10.4. The number of hydrogen-bond donors (Lipinski definition) is 2. The minimum Gasteiger partial charge on any atom is -0.481 e. The second kappa shape index (κ2) is 14.9. The smallest absolute Gasteiger partial charge is 0.303 e. The summed E-state index contributed by atoms with van der Waals surface area (Å²) in [4.78, 5) is 10.4. The van der Waals surface area contributed by atoms with E-state index in [9.17, 15) is 9.90 Å². The second-order valence-corrected chi connectivity index (χ2v) is 7.10. The molecule has 3 heteroatoms. The summed E-state index contributed by atoms with van der Waals surface area (Å²) in [5, 5.41) is 18.7. The number of benzene rings is 1. The van der Waals surface area contributed by atoms with E-state index in [1.807, 2.05) is 30.3 Å². The largest absolute Gasteiger partial charge is 0.481 e. The highest BCUT2D eigenvalue weighted by atomic mass is 16.4. The molecule has 0 unspecified atom stereocenters. The number of carbonyl (C=O) groups is 1. The van der Waals surface area contributed by atoms with Crippen molar-refractivity contribution in [2.75, 3.05) is 0 Å². The summed E-state index contributed by atoms with van der Waals surface area (Å²) in [5.74, 6) is -0.672. The predicted octanol–water partition coefficient (Wildman–Crippen LogP) is 6.27. The molecule has 0 spiro atoms. The quantitative estimate of drug-likeness (QED) is 0.346. The molecule has 0 fully saturated rings. The molecule has 142 valence electrons. The lowest BCUT2D eigenvalue weighted by molar-refractivity contribution is -0.137. The van der Waals surface area contributed by atoms with Gasteiger partial charge in [0.15, 0.2) is 0 Å². The van der Waals surface area contributed by atoms with E-state index in [2.05, 4.69) is 0 Å². The van der Waals surface area contributed by atoms with Crippen LogP contribution in [0.1, 0.15) is 102 Å². The highest BCUT2D eigenvalue weighted by Crippen LogP contribution is 2.20. The summed E-state index contributed by atoms with van der Waals surface area (Å²) in [7, 11) is 0. The lowest BCUT2D eigenvalue weighted by atomic mass is 10.0. The van der Waals surface area contributed by atoms with Crippen LogP contribution in [0.3, 0.4) is 0 Å². The second-order valence-electron chi connectivity index (χ2n) is 7.10. The number of aliphatic hydroxyl groups excluding tert-OH is 1. The van der Waals surface area contributed by atoms with Gasteiger partial charge >= 0.3 is 5.97 Å². The lowest BCUT2D eigenvalue weighted by Crippen LogP contribution is -1.96. The molecule has 25 heavy (non-hydrogen) atoms. The van der Waals surface area contributed by atoms with Crippen LogP contribution in [-0.4, -0.2) is 16.2 Å². The first-order valence-electron chi connectivity index (χ1n) is 10.1. The van der Waals surface area contributed by atoms with Crippen LogP contribution in [0.5, 0.6) is 0 Å². The third-order valence-corrected chi connectivity index (χ3v) is 4.80. The SMILES string of the molecule is O=C(O)CCCCCCCCCCCCCC[C@@H](O)c1ccccc1. The maximum atomic E-state index is 10.4. The molecule has 2 N–H and O–H groups in total. The number of aliphatic carboxylic acids is 1. The zero-order valence-electron chi connectivity index (χ0n) is 15.7. The average molecular weight is 349 g/mol. The third kappa shape index (κ3) is 12.6. The molecule has 1 rings (SSSR count). The van der Waals surface area contributed by atoms with Crippen molar-refractivity contribution >= 4 is 5.97 Å². The first-order chi connectivity index (χ1) is 12.2. The molecule has 0 aliphatic carbocycles. The summed E-state index contributed by atoms with van der Waals surface area (Å²) in [6, 6.07) is 9.94. The Hall–Kier alpha value is -1.35. The van der Waals surface area contributed by atoms with E-state index in [0.717, 1.165) is 31.2 Å². The Morgan fingerprint density at radius 3 is 1.64 bits per heavy atom. The van der Waals surface area contributed by atoms with Gasteiger partial charge in [-0.05, 0) is 18.4 Å². The Morgan fingerprint density at radius 1 is 0.720 bits per heavy atom.